The van der Waals surface area contributed by atoms with Crippen LogP contribution in [-0.4, -0.2) is 37.3 Å². The van der Waals surface area contributed by atoms with Crippen molar-refractivity contribution in [3.8, 4) is 11.5 Å². The summed E-state index contributed by atoms with van der Waals surface area (Å²) in [6.07, 6.45) is 6.56. The van der Waals surface area contributed by atoms with E-state index in [0.717, 1.165) is 17.0 Å². The maximum absolute atomic E-state index is 12.5. The van der Waals surface area contributed by atoms with Crippen molar-refractivity contribution in [3.63, 3.8) is 0 Å². The number of amides is 2. The molecule has 4 atom stereocenters. The van der Waals surface area contributed by atoms with Crippen molar-refractivity contribution in [1.82, 2.24) is 5.01 Å². The van der Waals surface area contributed by atoms with Crippen LogP contribution in [0.1, 0.15) is 12.0 Å². The second kappa shape index (κ2) is 5.47. The van der Waals surface area contributed by atoms with Gasteiger partial charge in [0, 0.05) is 0 Å². The maximum Gasteiger partial charge on any atom is 0.254 e. The van der Waals surface area contributed by atoms with E-state index < -0.39 is 0 Å². The molecule has 0 unspecified atom stereocenters. The molecule has 4 rings (SSSR count). The average molecular weight is 326 g/mol. The summed E-state index contributed by atoms with van der Waals surface area (Å²) in [4.78, 5) is 25.1. The highest BCUT2D eigenvalue weighted by molar-refractivity contribution is 6.06. The summed E-state index contributed by atoms with van der Waals surface area (Å²) in [6.45, 7) is 0. The molecule has 3 aliphatic rings. The fourth-order valence-electron chi connectivity index (χ4n) is 4.06. The molecular formula is C18H18N2O4. The van der Waals surface area contributed by atoms with Crippen molar-refractivity contribution in [3.05, 3.63) is 35.9 Å². The topological polar surface area (TPSA) is 68.2 Å². The second-order valence-electron chi connectivity index (χ2n) is 6.35. The normalized spacial score (nSPS) is 30.5. The summed E-state index contributed by atoms with van der Waals surface area (Å²) in [5, 5.41) is 5.19. The standard InChI is InChI=1S/C18H18N2O4/c1-23-13-6-3-10(7-14(13)24-2)9-19-20-17(21)15-11-4-5-12(8-11)16(15)18(20)22/h3-7,9,11-12,15-16H,8H2,1-2H3/b19-9-/t11-,12+,15-,16+. The molecule has 2 bridgehead atoms. The van der Waals surface area contributed by atoms with Crippen LogP contribution >= 0.6 is 0 Å². The zero-order valence-corrected chi connectivity index (χ0v) is 13.5. The van der Waals surface area contributed by atoms with E-state index in [9.17, 15) is 9.59 Å². The van der Waals surface area contributed by atoms with E-state index in [1.54, 1.807) is 32.4 Å². The van der Waals surface area contributed by atoms with Crippen LogP contribution in [0.5, 0.6) is 11.5 Å². The van der Waals surface area contributed by atoms with E-state index in [-0.39, 0.29) is 35.5 Å². The van der Waals surface area contributed by atoms with Crippen molar-refractivity contribution < 1.29 is 19.1 Å². The van der Waals surface area contributed by atoms with Crippen molar-refractivity contribution in [2.24, 2.45) is 28.8 Å². The fraction of sp³-hybridized carbons (Fsp3) is 0.389. The molecule has 1 aromatic rings. The average Bonchev–Trinajstić information content (AvgIpc) is 3.27. The minimum absolute atomic E-state index is 0.182. The summed E-state index contributed by atoms with van der Waals surface area (Å²) >= 11 is 0. The molecule has 1 heterocycles. The molecular weight excluding hydrogens is 308 g/mol. The molecule has 1 aromatic carbocycles. The lowest BCUT2D eigenvalue weighted by Gasteiger charge is -2.13. The minimum Gasteiger partial charge on any atom is -0.493 e. The highest BCUT2D eigenvalue weighted by Crippen LogP contribution is 2.52. The molecule has 124 valence electrons. The maximum atomic E-state index is 12.5. The van der Waals surface area contributed by atoms with Crippen molar-refractivity contribution in [1.29, 1.82) is 0 Å². The molecule has 0 spiro atoms. The van der Waals surface area contributed by atoms with Gasteiger partial charge in [0.1, 0.15) is 0 Å². The lowest BCUT2D eigenvalue weighted by atomic mass is 9.85. The summed E-state index contributed by atoms with van der Waals surface area (Å²) in [5.74, 6) is 0.748. The minimum atomic E-state index is -0.227. The molecule has 6 nitrogen and oxygen atoms in total. The van der Waals surface area contributed by atoms with Crippen molar-refractivity contribution >= 4 is 18.0 Å². The third kappa shape index (κ3) is 2.06. The predicted octanol–water partition coefficient (Wildman–Crippen LogP) is 1.84. The Morgan fingerprint density at radius 2 is 1.67 bits per heavy atom. The van der Waals surface area contributed by atoms with Gasteiger partial charge >= 0.3 is 0 Å². The van der Waals surface area contributed by atoms with E-state index in [1.165, 1.54) is 6.21 Å². The first kappa shape index (κ1) is 14.9. The first-order chi connectivity index (χ1) is 11.6. The molecule has 1 saturated carbocycles. The molecule has 1 saturated heterocycles. The Hall–Kier alpha value is -2.63. The molecule has 6 heteroatoms. The van der Waals surface area contributed by atoms with Gasteiger partial charge in [0.15, 0.2) is 11.5 Å². The van der Waals surface area contributed by atoms with Crippen LogP contribution in [0, 0.1) is 23.7 Å². The quantitative estimate of drug-likeness (QED) is 0.481. The van der Waals surface area contributed by atoms with Gasteiger partial charge in [-0.05, 0) is 42.0 Å². The lowest BCUT2D eigenvalue weighted by Crippen LogP contribution is -2.28. The lowest BCUT2D eigenvalue weighted by molar-refractivity contribution is -0.140. The molecule has 0 radical (unpaired) electrons. The number of carbonyl (C=O) groups excluding carboxylic acids is 2. The van der Waals surface area contributed by atoms with Crippen LogP contribution in [0.2, 0.25) is 0 Å². The van der Waals surface area contributed by atoms with Gasteiger partial charge in [0.2, 0.25) is 0 Å². The molecule has 0 aromatic heterocycles. The summed E-state index contributed by atoms with van der Waals surface area (Å²) in [5.41, 5.74) is 0.728. The van der Waals surface area contributed by atoms with Crippen LogP contribution in [0.25, 0.3) is 0 Å². The highest BCUT2D eigenvalue weighted by Gasteiger charge is 2.59. The van der Waals surface area contributed by atoms with Gasteiger partial charge in [-0.2, -0.15) is 10.1 Å². The van der Waals surface area contributed by atoms with Gasteiger partial charge < -0.3 is 9.47 Å². The predicted molar refractivity (Wildman–Crippen MR) is 86.7 cm³/mol. The summed E-state index contributed by atoms with van der Waals surface area (Å²) in [6, 6.07) is 5.30. The molecule has 0 N–H and O–H groups in total. The summed E-state index contributed by atoms with van der Waals surface area (Å²) in [7, 11) is 3.12. The number of imide groups is 1. The summed E-state index contributed by atoms with van der Waals surface area (Å²) < 4.78 is 10.4. The number of benzene rings is 1. The number of fused-ring (bicyclic) bond motifs is 5. The van der Waals surface area contributed by atoms with E-state index in [1.807, 2.05) is 0 Å². The zero-order chi connectivity index (χ0) is 16.8. The van der Waals surface area contributed by atoms with Gasteiger partial charge in [0.05, 0.1) is 32.3 Å². The zero-order valence-electron chi connectivity index (χ0n) is 13.5. The third-order valence-electron chi connectivity index (χ3n) is 5.18. The largest absolute Gasteiger partial charge is 0.493 e. The van der Waals surface area contributed by atoms with Crippen LogP contribution in [-0.2, 0) is 9.59 Å². The Bertz CT molecular complexity index is 740. The third-order valence-corrected chi connectivity index (χ3v) is 5.18. The smallest absolute Gasteiger partial charge is 0.254 e. The Balaban J connectivity index is 1.57. The van der Waals surface area contributed by atoms with E-state index in [0.29, 0.717) is 11.5 Å². The van der Waals surface area contributed by atoms with Crippen LogP contribution < -0.4 is 9.47 Å². The number of carbonyl (C=O) groups is 2. The van der Waals surface area contributed by atoms with Crippen LogP contribution in [0.4, 0.5) is 0 Å². The van der Waals surface area contributed by atoms with Crippen molar-refractivity contribution in [2.75, 3.05) is 14.2 Å². The van der Waals surface area contributed by atoms with Gasteiger partial charge in [-0.3, -0.25) is 9.59 Å². The molecule has 1 aliphatic heterocycles. The van der Waals surface area contributed by atoms with Crippen LogP contribution in [0.3, 0.4) is 0 Å². The highest BCUT2D eigenvalue weighted by atomic mass is 16.5. The van der Waals surface area contributed by atoms with Gasteiger partial charge in [0.25, 0.3) is 11.8 Å². The monoisotopic (exact) mass is 326 g/mol. The Morgan fingerprint density at radius 1 is 1.04 bits per heavy atom. The van der Waals surface area contributed by atoms with Gasteiger partial charge in [-0.15, -0.1) is 0 Å². The molecule has 24 heavy (non-hydrogen) atoms. The number of ether oxygens (including phenoxy) is 2. The number of methoxy groups -OCH3 is 2. The molecule has 2 aliphatic carbocycles. The number of hydrogen-bond donors (Lipinski definition) is 0. The van der Waals surface area contributed by atoms with E-state index in [4.69, 9.17) is 9.47 Å². The number of hydrogen-bond acceptors (Lipinski definition) is 5. The first-order valence-corrected chi connectivity index (χ1v) is 7.96. The van der Waals surface area contributed by atoms with E-state index in [2.05, 4.69) is 17.3 Å². The SMILES string of the molecule is COc1ccc(/C=N\N2C(=O)[C@@H]3[C@H](C2=O)[C@@H]2C=C[C@H]3C2)cc1OC. The first-order valence-electron chi connectivity index (χ1n) is 7.96. The molecule has 2 amide bonds. The number of nitrogens with zero attached hydrogens (tertiary/aromatic N) is 2. The van der Waals surface area contributed by atoms with E-state index >= 15 is 0 Å². The number of rotatable bonds is 4. The molecule has 2 fully saturated rings. The number of allylic oxidation sites excluding steroid dienone is 2. The number of hydrazone groups is 1. The van der Waals surface area contributed by atoms with Gasteiger partial charge in [-0.25, -0.2) is 0 Å². The Kier molecular flexibility index (Phi) is 3.40. The van der Waals surface area contributed by atoms with Crippen molar-refractivity contribution in [2.45, 2.75) is 6.42 Å². The Labute approximate surface area is 139 Å². The van der Waals surface area contributed by atoms with Crippen LogP contribution in [0.15, 0.2) is 35.5 Å². The second-order valence-corrected chi connectivity index (χ2v) is 6.35. The van der Waals surface area contributed by atoms with Gasteiger partial charge in [-0.1, -0.05) is 12.2 Å². The Morgan fingerprint density at radius 3 is 2.25 bits per heavy atom. The fourth-order valence-corrected chi connectivity index (χ4v) is 4.06.